The lowest BCUT2D eigenvalue weighted by molar-refractivity contribution is -0.137. The highest BCUT2D eigenvalue weighted by Crippen LogP contribution is 2.21. The smallest absolute Gasteiger partial charge is 0.227 e. The second-order valence-corrected chi connectivity index (χ2v) is 6.16. The van der Waals surface area contributed by atoms with Gasteiger partial charge in [0.2, 0.25) is 11.8 Å². The maximum atomic E-state index is 12.4. The molecule has 2 rings (SSSR count). The van der Waals surface area contributed by atoms with E-state index in [1.807, 2.05) is 11.8 Å². The standard InChI is InChI=1S/C15H27N3O2/c1-3-4-14(19)17-12-5-7-18(8-6-12)15(20)13-10-16-9-11(13)2/h11-13,16H,3-10H2,1-2H3,(H,17,19). The molecular weight excluding hydrogens is 254 g/mol. The number of rotatable bonds is 4. The molecule has 0 spiro atoms. The Hall–Kier alpha value is -1.10. The van der Waals surface area contributed by atoms with Crippen LogP contribution in [-0.4, -0.2) is 48.9 Å². The van der Waals surface area contributed by atoms with E-state index in [1.54, 1.807) is 0 Å². The number of nitrogens with one attached hydrogen (secondary N) is 2. The minimum atomic E-state index is 0.140. The van der Waals surface area contributed by atoms with Crippen LogP contribution in [0.3, 0.4) is 0 Å². The summed E-state index contributed by atoms with van der Waals surface area (Å²) < 4.78 is 0. The Morgan fingerprint density at radius 1 is 1.25 bits per heavy atom. The van der Waals surface area contributed by atoms with Gasteiger partial charge in [0, 0.05) is 32.1 Å². The van der Waals surface area contributed by atoms with Crippen LogP contribution in [-0.2, 0) is 9.59 Å². The summed E-state index contributed by atoms with van der Waals surface area (Å²) in [5.41, 5.74) is 0. The number of likely N-dealkylation sites (tertiary alicyclic amines) is 1. The van der Waals surface area contributed by atoms with E-state index >= 15 is 0 Å². The summed E-state index contributed by atoms with van der Waals surface area (Å²) in [5, 5.41) is 6.35. The molecule has 20 heavy (non-hydrogen) atoms. The van der Waals surface area contributed by atoms with Crippen molar-refractivity contribution in [2.24, 2.45) is 11.8 Å². The van der Waals surface area contributed by atoms with Crippen molar-refractivity contribution in [1.29, 1.82) is 0 Å². The van der Waals surface area contributed by atoms with Crippen LogP contribution < -0.4 is 10.6 Å². The third-order valence-corrected chi connectivity index (χ3v) is 4.48. The Bertz CT molecular complexity index is 351. The molecule has 2 unspecified atom stereocenters. The molecule has 0 aliphatic carbocycles. The van der Waals surface area contributed by atoms with E-state index < -0.39 is 0 Å². The number of hydrogen-bond donors (Lipinski definition) is 2. The van der Waals surface area contributed by atoms with Crippen LogP contribution in [0.1, 0.15) is 39.5 Å². The molecule has 0 bridgehead atoms. The average molecular weight is 281 g/mol. The Morgan fingerprint density at radius 3 is 2.50 bits per heavy atom. The van der Waals surface area contributed by atoms with Crippen molar-refractivity contribution in [3.8, 4) is 0 Å². The number of carbonyl (C=O) groups excluding carboxylic acids is 2. The highest BCUT2D eigenvalue weighted by Gasteiger charge is 2.34. The van der Waals surface area contributed by atoms with Crippen LogP contribution in [0, 0.1) is 11.8 Å². The molecule has 0 aromatic heterocycles. The third kappa shape index (κ3) is 3.72. The van der Waals surface area contributed by atoms with Gasteiger partial charge in [-0.25, -0.2) is 0 Å². The van der Waals surface area contributed by atoms with Gasteiger partial charge in [-0.2, -0.15) is 0 Å². The second-order valence-electron chi connectivity index (χ2n) is 6.16. The Morgan fingerprint density at radius 2 is 1.95 bits per heavy atom. The quantitative estimate of drug-likeness (QED) is 0.799. The molecule has 0 saturated carbocycles. The molecule has 2 heterocycles. The van der Waals surface area contributed by atoms with Gasteiger partial charge in [-0.3, -0.25) is 9.59 Å². The number of amides is 2. The Labute approximate surface area is 121 Å². The predicted molar refractivity (Wildman–Crippen MR) is 78.2 cm³/mol. The van der Waals surface area contributed by atoms with Gasteiger partial charge in [0.25, 0.3) is 0 Å². The molecule has 0 radical (unpaired) electrons. The van der Waals surface area contributed by atoms with Crippen LogP contribution in [0.4, 0.5) is 0 Å². The molecule has 114 valence electrons. The summed E-state index contributed by atoms with van der Waals surface area (Å²) in [6.07, 6.45) is 3.26. The van der Waals surface area contributed by atoms with E-state index in [4.69, 9.17) is 0 Å². The van der Waals surface area contributed by atoms with Crippen molar-refractivity contribution in [2.75, 3.05) is 26.2 Å². The average Bonchev–Trinajstić information content (AvgIpc) is 2.85. The van der Waals surface area contributed by atoms with Gasteiger partial charge in [0.15, 0.2) is 0 Å². The van der Waals surface area contributed by atoms with Crippen molar-refractivity contribution in [1.82, 2.24) is 15.5 Å². The van der Waals surface area contributed by atoms with Crippen molar-refractivity contribution in [3.63, 3.8) is 0 Å². The summed E-state index contributed by atoms with van der Waals surface area (Å²) in [5.74, 6) is 1.01. The fourth-order valence-electron chi connectivity index (χ4n) is 3.15. The summed E-state index contributed by atoms with van der Waals surface area (Å²) in [6, 6.07) is 0.247. The van der Waals surface area contributed by atoms with E-state index in [-0.39, 0.29) is 17.9 Å². The fraction of sp³-hybridized carbons (Fsp3) is 0.867. The minimum Gasteiger partial charge on any atom is -0.353 e. The Kier molecular flexibility index (Phi) is 5.40. The number of nitrogens with zero attached hydrogens (tertiary/aromatic N) is 1. The van der Waals surface area contributed by atoms with Crippen LogP contribution >= 0.6 is 0 Å². The molecule has 2 saturated heterocycles. The lowest BCUT2D eigenvalue weighted by atomic mass is 9.95. The minimum absolute atomic E-state index is 0.140. The normalized spacial score (nSPS) is 27.6. The summed E-state index contributed by atoms with van der Waals surface area (Å²) in [6.45, 7) is 7.46. The SMILES string of the molecule is CCCC(=O)NC1CCN(C(=O)C2CNCC2C)CC1. The van der Waals surface area contributed by atoms with Gasteiger partial charge >= 0.3 is 0 Å². The van der Waals surface area contributed by atoms with Crippen molar-refractivity contribution < 1.29 is 9.59 Å². The lowest BCUT2D eigenvalue weighted by Gasteiger charge is -2.34. The summed E-state index contributed by atoms with van der Waals surface area (Å²) in [7, 11) is 0. The first-order chi connectivity index (χ1) is 9.61. The first-order valence-corrected chi connectivity index (χ1v) is 7.90. The van der Waals surface area contributed by atoms with Gasteiger partial charge in [-0.15, -0.1) is 0 Å². The van der Waals surface area contributed by atoms with Crippen LogP contribution in [0.2, 0.25) is 0 Å². The molecule has 2 aliphatic heterocycles. The van der Waals surface area contributed by atoms with E-state index in [1.165, 1.54) is 0 Å². The molecule has 2 amide bonds. The Balaban J connectivity index is 1.76. The van der Waals surface area contributed by atoms with Gasteiger partial charge in [-0.1, -0.05) is 13.8 Å². The van der Waals surface area contributed by atoms with Gasteiger partial charge < -0.3 is 15.5 Å². The topological polar surface area (TPSA) is 61.4 Å². The molecule has 2 atom stereocenters. The van der Waals surface area contributed by atoms with E-state index in [0.29, 0.717) is 18.2 Å². The molecule has 5 nitrogen and oxygen atoms in total. The number of hydrogen-bond acceptors (Lipinski definition) is 3. The second kappa shape index (κ2) is 7.07. The van der Waals surface area contributed by atoms with Gasteiger partial charge in [0.05, 0.1) is 5.92 Å². The first-order valence-electron chi connectivity index (χ1n) is 7.90. The highest BCUT2D eigenvalue weighted by molar-refractivity contribution is 5.80. The zero-order chi connectivity index (χ0) is 14.5. The predicted octanol–water partition coefficient (Wildman–Crippen LogP) is 0.749. The monoisotopic (exact) mass is 281 g/mol. The molecule has 0 aromatic carbocycles. The van der Waals surface area contributed by atoms with Crippen molar-refractivity contribution >= 4 is 11.8 Å². The largest absolute Gasteiger partial charge is 0.353 e. The van der Waals surface area contributed by atoms with Crippen LogP contribution in [0.5, 0.6) is 0 Å². The maximum Gasteiger partial charge on any atom is 0.227 e. The lowest BCUT2D eigenvalue weighted by Crippen LogP contribution is -2.48. The van der Waals surface area contributed by atoms with E-state index in [0.717, 1.165) is 45.4 Å². The third-order valence-electron chi connectivity index (χ3n) is 4.48. The molecule has 5 heteroatoms. The van der Waals surface area contributed by atoms with Crippen LogP contribution in [0.15, 0.2) is 0 Å². The maximum absolute atomic E-state index is 12.4. The van der Waals surface area contributed by atoms with Crippen molar-refractivity contribution in [3.05, 3.63) is 0 Å². The molecule has 2 N–H and O–H groups in total. The van der Waals surface area contributed by atoms with E-state index in [2.05, 4.69) is 17.6 Å². The summed E-state index contributed by atoms with van der Waals surface area (Å²) in [4.78, 5) is 26.0. The zero-order valence-corrected chi connectivity index (χ0v) is 12.7. The van der Waals surface area contributed by atoms with Crippen molar-refractivity contribution in [2.45, 2.75) is 45.6 Å². The number of carbonyl (C=O) groups is 2. The molecule has 0 aromatic rings. The van der Waals surface area contributed by atoms with Gasteiger partial charge in [0.1, 0.15) is 0 Å². The molecular formula is C15H27N3O2. The summed E-state index contributed by atoms with van der Waals surface area (Å²) >= 11 is 0. The number of piperidine rings is 1. The molecule has 2 aliphatic rings. The van der Waals surface area contributed by atoms with E-state index in [9.17, 15) is 9.59 Å². The first kappa shape index (κ1) is 15.3. The zero-order valence-electron chi connectivity index (χ0n) is 12.7. The highest BCUT2D eigenvalue weighted by atomic mass is 16.2. The fourth-order valence-corrected chi connectivity index (χ4v) is 3.15. The van der Waals surface area contributed by atoms with Gasteiger partial charge in [-0.05, 0) is 31.7 Å². The van der Waals surface area contributed by atoms with Crippen LogP contribution in [0.25, 0.3) is 0 Å². The molecule has 2 fully saturated rings.